The molecule has 0 aliphatic carbocycles. The standard InChI is InChI=1S/C18H19N3O2/c1-3-14-9-10-15(23-14)18(22)20-16(13-7-5-4-6-8-13)17-19-11-12-21(17)2/h4-12,16H,3H2,1-2H3,(H,20,22). The average Bonchev–Trinajstić information content (AvgIpc) is 3.22. The number of amides is 1. The number of nitrogens with zero attached hydrogens (tertiary/aromatic N) is 2. The topological polar surface area (TPSA) is 60.1 Å². The van der Waals surface area contributed by atoms with Crippen molar-refractivity contribution in [3.05, 3.63) is 77.8 Å². The molecule has 0 aliphatic heterocycles. The van der Waals surface area contributed by atoms with Gasteiger partial charge in [-0.05, 0) is 17.7 Å². The van der Waals surface area contributed by atoms with Crippen molar-refractivity contribution < 1.29 is 9.21 Å². The zero-order valence-electron chi connectivity index (χ0n) is 13.2. The molecule has 1 atom stereocenters. The minimum absolute atomic E-state index is 0.249. The minimum atomic E-state index is -0.334. The molecule has 0 spiro atoms. The van der Waals surface area contributed by atoms with Gasteiger partial charge < -0.3 is 14.3 Å². The number of aryl methyl sites for hydroxylation is 2. The number of aromatic nitrogens is 2. The summed E-state index contributed by atoms with van der Waals surface area (Å²) in [6, 6.07) is 13.0. The first-order chi connectivity index (χ1) is 11.2. The average molecular weight is 309 g/mol. The predicted octanol–water partition coefficient (Wildman–Crippen LogP) is 3.09. The fourth-order valence-corrected chi connectivity index (χ4v) is 2.49. The monoisotopic (exact) mass is 309 g/mol. The third-order valence-electron chi connectivity index (χ3n) is 3.76. The molecule has 3 aromatic rings. The number of hydrogen-bond donors (Lipinski definition) is 1. The van der Waals surface area contributed by atoms with E-state index >= 15 is 0 Å². The van der Waals surface area contributed by atoms with Crippen LogP contribution in [0.4, 0.5) is 0 Å². The van der Waals surface area contributed by atoms with E-state index in [1.165, 1.54) is 0 Å². The Kier molecular flexibility index (Phi) is 4.28. The fraction of sp³-hybridized carbons (Fsp3) is 0.222. The smallest absolute Gasteiger partial charge is 0.287 e. The van der Waals surface area contributed by atoms with Crippen molar-refractivity contribution in [3.63, 3.8) is 0 Å². The van der Waals surface area contributed by atoms with E-state index in [4.69, 9.17) is 4.42 Å². The lowest BCUT2D eigenvalue weighted by atomic mass is 10.1. The van der Waals surface area contributed by atoms with E-state index in [0.717, 1.165) is 23.6 Å². The summed E-state index contributed by atoms with van der Waals surface area (Å²) >= 11 is 0. The fourth-order valence-electron chi connectivity index (χ4n) is 2.49. The summed E-state index contributed by atoms with van der Waals surface area (Å²) in [6.45, 7) is 1.99. The zero-order valence-corrected chi connectivity index (χ0v) is 13.2. The van der Waals surface area contributed by atoms with Crippen LogP contribution in [0.5, 0.6) is 0 Å². The lowest BCUT2D eigenvalue weighted by Gasteiger charge is -2.18. The van der Waals surface area contributed by atoms with E-state index < -0.39 is 0 Å². The van der Waals surface area contributed by atoms with Crippen LogP contribution in [0.25, 0.3) is 0 Å². The molecule has 1 N–H and O–H groups in total. The number of benzene rings is 1. The van der Waals surface area contributed by atoms with Gasteiger partial charge in [-0.15, -0.1) is 0 Å². The van der Waals surface area contributed by atoms with E-state index in [1.807, 2.05) is 61.1 Å². The summed E-state index contributed by atoms with van der Waals surface area (Å²) in [4.78, 5) is 16.9. The van der Waals surface area contributed by atoms with Crippen LogP contribution in [-0.2, 0) is 13.5 Å². The van der Waals surface area contributed by atoms with Crippen LogP contribution in [0.3, 0.4) is 0 Å². The van der Waals surface area contributed by atoms with Gasteiger partial charge in [-0.2, -0.15) is 0 Å². The van der Waals surface area contributed by atoms with Crippen molar-refractivity contribution in [2.75, 3.05) is 0 Å². The van der Waals surface area contributed by atoms with Gasteiger partial charge in [-0.3, -0.25) is 4.79 Å². The van der Waals surface area contributed by atoms with E-state index in [1.54, 1.807) is 12.3 Å². The second kappa shape index (κ2) is 6.52. The molecule has 3 rings (SSSR count). The van der Waals surface area contributed by atoms with Gasteiger partial charge >= 0.3 is 0 Å². The summed E-state index contributed by atoms with van der Waals surface area (Å²) in [6.07, 6.45) is 4.34. The number of rotatable bonds is 5. The molecule has 1 aromatic carbocycles. The highest BCUT2D eigenvalue weighted by atomic mass is 16.3. The highest BCUT2D eigenvalue weighted by Gasteiger charge is 2.22. The molecule has 118 valence electrons. The molecular weight excluding hydrogens is 290 g/mol. The summed E-state index contributed by atoms with van der Waals surface area (Å²) in [7, 11) is 1.91. The van der Waals surface area contributed by atoms with Crippen molar-refractivity contribution in [2.24, 2.45) is 7.05 Å². The number of nitrogens with one attached hydrogen (secondary N) is 1. The number of carbonyl (C=O) groups excluding carboxylic acids is 1. The molecule has 0 saturated carbocycles. The molecule has 0 aliphatic rings. The Balaban J connectivity index is 1.90. The molecule has 0 fully saturated rings. The van der Waals surface area contributed by atoms with Gasteiger partial charge in [0, 0.05) is 25.9 Å². The summed E-state index contributed by atoms with van der Waals surface area (Å²) in [5.41, 5.74) is 0.970. The van der Waals surface area contributed by atoms with Gasteiger partial charge in [0.25, 0.3) is 5.91 Å². The van der Waals surface area contributed by atoms with Gasteiger partial charge in [0.1, 0.15) is 17.6 Å². The van der Waals surface area contributed by atoms with Crippen molar-refractivity contribution >= 4 is 5.91 Å². The van der Waals surface area contributed by atoms with Crippen LogP contribution >= 0.6 is 0 Å². The van der Waals surface area contributed by atoms with Crippen molar-refractivity contribution in [1.82, 2.24) is 14.9 Å². The van der Waals surface area contributed by atoms with Crippen molar-refractivity contribution in [2.45, 2.75) is 19.4 Å². The first-order valence-corrected chi connectivity index (χ1v) is 7.60. The Morgan fingerprint density at radius 3 is 2.65 bits per heavy atom. The summed E-state index contributed by atoms with van der Waals surface area (Å²) in [5, 5.41) is 3.01. The van der Waals surface area contributed by atoms with Crippen LogP contribution in [0.15, 0.2) is 59.3 Å². The SMILES string of the molecule is CCc1ccc(C(=O)NC(c2ccccc2)c2nccn2C)o1. The number of imidazole rings is 1. The summed E-state index contributed by atoms with van der Waals surface area (Å²) in [5.74, 6) is 1.63. The third kappa shape index (κ3) is 3.18. The number of furan rings is 1. The molecule has 2 heterocycles. The van der Waals surface area contributed by atoms with Gasteiger partial charge in [0.05, 0.1) is 0 Å². The Morgan fingerprint density at radius 1 is 1.26 bits per heavy atom. The maximum atomic E-state index is 12.5. The maximum Gasteiger partial charge on any atom is 0.287 e. The van der Waals surface area contributed by atoms with Crippen LogP contribution in [0.1, 0.15) is 40.7 Å². The predicted molar refractivity (Wildman–Crippen MR) is 87.0 cm³/mol. The quantitative estimate of drug-likeness (QED) is 0.788. The Bertz CT molecular complexity index is 789. The van der Waals surface area contributed by atoms with Gasteiger partial charge in [-0.1, -0.05) is 37.3 Å². The second-order valence-electron chi connectivity index (χ2n) is 5.33. The Hall–Kier alpha value is -2.82. The van der Waals surface area contributed by atoms with E-state index in [2.05, 4.69) is 10.3 Å². The molecule has 23 heavy (non-hydrogen) atoms. The van der Waals surface area contributed by atoms with Gasteiger partial charge in [0.2, 0.25) is 0 Å². The Labute approximate surface area is 135 Å². The Morgan fingerprint density at radius 2 is 2.04 bits per heavy atom. The first-order valence-electron chi connectivity index (χ1n) is 7.60. The van der Waals surface area contributed by atoms with Crippen LogP contribution in [-0.4, -0.2) is 15.5 Å². The highest BCUT2D eigenvalue weighted by Crippen LogP contribution is 2.21. The molecule has 0 radical (unpaired) electrons. The van der Waals surface area contributed by atoms with Crippen molar-refractivity contribution in [1.29, 1.82) is 0 Å². The second-order valence-corrected chi connectivity index (χ2v) is 5.33. The first kappa shape index (κ1) is 15.1. The maximum absolute atomic E-state index is 12.5. The van der Waals surface area contributed by atoms with Crippen molar-refractivity contribution in [3.8, 4) is 0 Å². The van der Waals surface area contributed by atoms with E-state index in [0.29, 0.717) is 5.76 Å². The van der Waals surface area contributed by atoms with E-state index in [9.17, 15) is 4.79 Å². The highest BCUT2D eigenvalue weighted by molar-refractivity contribution is 5.92. The third-order valence-corrected chi connectivity index (χ3v) is 3.76. The van der Waals surface area contributed by atoms with Crippen LogP contribution < -0.4 is 5.32 Å². The summed E-state index contributed by atoms with van der Waals surface area (Å²) < 4.78 is 7.44. The molecular formula is C18H19N3O2. The largest absolute Gasteiger partial charge is 0.456 e. The lowest BCUT2D eigenvalue weighted by molar-refractivity contribution is 0.0911. The molecule has 2 aromatic heterocycles. The molecule has 0 bridgehead atoms. The van der Waals surface area contributed by atoms with Gasteiger partial charge in [0.15, 0.2) is 5.76 Å². The molecule has 5 heteroatoms. The van der Waals surface area contributed by atoms with E-state index in [-0.39, 0.29) is 11.9 Å². The lowest BCUT2D eigenvalue weighted by Crippen LogP contribution is -2.30. The van der Waals surface area contributed by atoms with Gasteiger partial charge in [-0.25, -0.2) is 4.98 Å². The molecule has 0 saturated heterocycles. The molecule has 5 nitrogen and oxygen atoms in total. The molecule has 1 amide bonds. The normalized spacial score (nSPS) is 12.1. The van der Waals surface area contributed by atoms with Crippen LogP contribution in [0.2, 0.25) is 0 Å². The molecule has 1 unspecified atom stereocenters. The zero-order chi connectivity index (χ0) is 16.2. The minimum Gasteiger partial charge on any atom is -0.456 e. The number of hydrogen-bond acceptors (Lipinski definition) is 3. The number of carbonyl (C=O) groups is 1. The van der Waals surface area contributed by atoms with Crippen LogP contribution in [0, 0.1) is 0 Å².